The first kappa shape index (κ1) is 39.7. The number of rotatable bonds is 4. The number of hydrogen-bond donors (Lipinski definition) is 2. The van der Waals surface area contributed by atoms with Gasteiger partial charge in [0.25, 0.3) is 5.56 Å². The number of pyridine rings is 2. The number of ether oxygens (including phenoxy) is 1. The molecule has 0 radical (unpaired) electrons. The minimum atomic E-state index is -1.05. The molecule has 53 heavy (non-hydrogen) atoms. The van der Waals surface area contributed by atoms with Crippen LogP contribution in [0.25, 0.3) is 11.0 Å². The van der Waals surface area contributed by atoms with Crippen LogP contribution in [-0.2, 0) is 46.5 Å². The molecule has 1 aliphatic carbocycles. The predicted octanol–water partition coefficient (Wildman–Crippen LogP) is 2.66. The molecule has 6 heterocycles. The number of nitrogens with zero attached hydrogens (tertiary/aromatic N) is 5. The maximum Gasteiger partial charge on any atom is 0.326 e. The molecular weight excluding hydrogens is 686 g/mol. The van der Waals surface area contributed by atoms with Crippen LogP contribution in [0.4, 0.5) is 5.69 Å². The lowest BCUT2D eigenvalue weighted by Crippen LogP contribution is -2.46. The second kappa shape index (κ2) is 18.4. The van der Waals surface area contributed by atoms with Crippen LogP contribution in [0.3, 0.4) is 0 Å². The van der Waals surface area contributed by atoms with Gasteiger partial charge in [0.2, 0.25) is 17.7 Å². The molecule has 280 valence electrons. The van der Waals surface area contributed by atoms with Crippen LogP contribution in [0.15, 0.2) is 83.3 Å². The minimum absolute atomic E-state index is 0.00718. The number of para-hydroxylation sites is 1. The number of aliphatic carboxylic acids is 2. The van der Waals surface area contributed by atoms with Crippen molar-refractivity contribution in [2.24, 2.45) is 5.92 Å². The van der Waals surface area contributed by atoms with Crippen molar-refractivity contribution in [2.75, 3.05) is 38.1 Å². The van der Waals surface area contributed by atoms with E-state index in [-0.39, 0.29) is 55.3 Å². The van der Waals surface area contributed by atoms with Crippen molar-refractivity contribution in [1.29, 1.82) is 0 Å². The number of anilines is 1. The SMILES string of the molecule is CC.CN1CC2=CC(C=C2)OC(=O)CN2CCC(CC2=O)C1=O.O=C(O)CN1C(=O)CCc2ccccc21.O=C(O)Cn1c(=O)ccc2ncccc21. The van der Waals surface area contributed by atoms with Gasteiger partial charge in [0.15, 0.2) is 0 Å². The van der Waals surface area contributed by atoms with E-state index in [1.54, 1.807) is 48.5 Å². The van der Waals surface area contributed by atoms with Crippen molar-refractivity contribution in [3.8, 4) is 0 Å². The van der Waals surface area contributed by atoms with Gasteiger partial charge in [-0.2, -0.15) is 0 Å². The first-order valence-electron chi connectivity index (χ1n) is 17.3. The van der Waals surface area contributed by atoms with Gasteiger partial charge in [0.05, 0.1) is 11.0 Å². The summed E-state index contributed by atoms with van der Waals surface area (Å²) in [6.07, 6.45) is 8.55. The highest BCUT2D eigenvalue weighted by Crippen LogP contribution is 2.27. The summed E-state index contributed by atoms with van der Waals surface area (Å²) in [5.74, 6) is -3.00. The second-order valence-corrected chi connectivity index (χ2v) is 12.3. The van der Waals surface area contributed by atoms with E-state index in [0.717, 1.165) is 16.8 Å². The molecule has 2 atom stereocenters. The maximum atomic E-state index is 12.4. The molecule has 15 nitrogen and oxygen atoms in total. The third kappa shape index (κ3) is 10.5. The highest BCUT2D eigenvalue weighted by Gasteiger charge is 2.34. The Hall–Kier alpha value is -6.12. The van der Waals surface area contributed by atoms with Crippen molar-refractivity contribution in [2.45, 2.75) is 52.2 Å². The topological polar surface area (TPSA) is 197 Å². The molecule has 15 heteroatoms. The van der Waals surface area contributed by atoms with Gasteiger partial charge in [-0.15, -0.1) is 0 Å². The lowest BCUT2D eigenvalue weighted by atomic mass is 9.94. The van der Waals surface area contributed by atoms with Crippen molar-refractivity contribution in [3.05, 3.63) is 94.4 Å². The Labute approximate surface area is 305 Å². The number of esters is 1. The number of carboxylic acids is 2. The number of hydrogen-bond acceptors (Lipinski definition) is 9. The minimum Gasteiger partial charge on any atom is -0.480 e. The quantitative estimate of drug-likeness (QED) is 0.375. The molecule has 1 aromatic carbocycles. The van der Waals surface area contributed by atoms with Crippen LogP contribution in [0, 0.1) is 5.92 Å². The first-order valence-corrected chi connectivity index (χ1v) is 17.3. The van der Waals surface area contributed by atoms with Crippen molar-refractivity contribution >= 4 is 52.4 Å². The van der Waals surface area contributed by atoms with E-state index >= 15 is 0 Å². The van der Waals surface area contributed by atoms with Gasteiger partial charge in [0, 0.05) is 56.8 Å². The number of carboxylic acid groups (broad SMARTS) is 2. The van der Waals surface area contributed by atoms with Crippen LogP contribution in [0.1, 0.15) is 38.7 Å². The fourth-order valence-electron chi connectivity index (χ4n) is 6.21. The number of aromatic nitrogens is 2. The lowest BCUT2D eigenvalue weighted by molar-refractivity contribution is -0.153. The summed E-state index contributed by atoms with van der Waals surface area (Å²) in [5.41, 5.74) is 3.53. The molecule has 8 rings (SSSR count). The Morgan fingerprint density at radius 3 is 2.34 bits per heavy atom. The van der Waals surface area contributed by atoms with Crippen LogP contribution in [-0.4, -0.2) is 105 Å². The van der Waals surface area contributed by atoms with Gasteiger partial charge in [-0.3, -0.25) is 43.1 Å². The Bertz CT molecular complexity index is 1990. The van der Waals surface area contributed by atoms with E-state index in [1.807, 2.05) is 44.2 Å². The lowest BCUT2D eigenvalue weighted by Gasteiger charge is -2.32. The standard InChI is InChI=1S/C15H18N2O4.C11H11NO3.C10H8N2O3.C2H6/c1-16-8-10-2-3-12(6-10)21-14(19)9-17-5-4-11(15(16)20)7-13(17)18;13-10-6-5-8-3-1-2-4-9(8)12(10)7-11(14)15;13-9-4-3-7-8(2-1-5-11-7)12(9)6-10(14)15;1-2/h2-3,6,11-12H,4-5,7-9H2,1H3;1-4H,5-7H2,(H,14,15);1-5H,6H2,(H,14,15);1-2H3. The average Bonchev–Trinajstić information content (AvgIpc) is 3.58. The van der Waals surface area contributed by atoms with Gasteiger partial charge >= 0.3 is 17.9 Å². The van der Waals surface area contributed by atoms with Crippen molar-refractivity contribution < 1.29 is 43.7 Å². The zero-order valence-corrected chi connectivity index (χ0v) is 29.8. The van der Waals surface area contributed by atoms with E-state index in [2.05, 4.69) is 4.98 Å². The predicted molar refractivity (Wildman–Crippen MR) is 194 cm³/mol. The summed E-state index contributed by atoms with van der Waals surface area (Å²) in [6, 6.07) is 13.7. The molecule has 2 unspecified atom stereocenters. The van der Waals surface area contributed by atoms with E-state index in [1.165, 1.54) is 20.4 Å². The molecule has 4 aliphatic heterocycles. The normalized spacial score (nSPS) is 19.1. The number of aryl methyl sites for hydroxylation is 1. The highest BCUT2D eigenvalue weighted by atomic mass is 16.5. The fourth-order valence-corrected chi connectivity index (χ4v) is 6.21. The Morgan fingerprint density at radius 2 is 1.62 bits per heavy atom. The zero-order chi connectivity index (χ0) is 38.7. The summed E-state index contributed by atoms with van der Waals surface area (Å²) in [7, 11) is 1.74. The van der Waals surface area contributed by atoms with Crippen molar-refractivity contribution in [3.63, 3.8) is 0 Å². The molecule has 0 saturated carbocycles. The van der Waals surface area contributed by atoms with Crippen LogP contribution >= 0.6 is 0 Å². The van der Waals surface area contributed by atoms with Gasteiger partial charge in [-0.25, -0.2) is 0 Å². The molecule has 1 fully saturated rings. The number of benzene rings is 1. The van der Waals surface area contributed by atoms with Gasteiger partial charge in [-0.05, 0) is 60.4 Å². The Balaban J connectivity index is 0.000000177. The van der Waals surface area contributed by atoms with Crippen LogP contribution < -0.4 is 10.5 Å². The smallest absolute Gasteiger partial charge is 0.326 e. The molecule has 0 spiro atoms. The summed E-state index contributed by atoms with van der Waals surface area (Å²) in [4.78, 5) is 89.0. The number of likely N-dealkylation sites (N-methyl/N-ethyl adjacent to an activating group) is 1. The number of amides is 3. The van der Waals surface area contributed by atoms with Gasteiger partial charge < -0.3 is 29.6 Å². The molecule has 1 saturated heterocycles. The van der Waals surface area contributed by atoms with Crippen LogP contribution in [0.2, 0.25) is 0 Å². The fraction of sp³-hybridized carbons (Fsp3) is 0.368. The summed E-state index contributed by atoms with van der Waals surface area (Å²) in [6.45, 7) is 4.26. The largest absolute Gasteiger partial charge is 0.480 e. The van der Waals surface area contributed by atoms with E-state index in [4.69, 9.17) is 14.9 Å². The number of carbonyl (C=O) groups is 6. The molecular formula is C38H43N5O10. The summed E-state index contributed by atoms with van der Waals surface area (Å²) < 4.78 is 6.50. The molecule has 2 N–H and O–H groups in total. The van der Waals surface area contributed by atoms with E-state index in [0.29, 0.717) is 43.4 Å². The van der Waals surface area contributed by atoms with Crippen molar-refractivity contribution in [1.82, 2.24) is 19.4 Å². The summed E-state index contributed by atoms with van der Waals surface area (Å²) >= 11 is 0. The third-order valence-electron chi connectivity index (χ3n) is 8.67. The second-order valence-electron chi connectivity index (χ2n) is 12.3. The van der Waals surface area contributed by atoms with Crippen LogP contribution in [0.5, 0.6) is 0 Å². The zero-order valence-electron chi connectivity index (χ0n) is 29.8. The molecule has 3 aromatic rings. The Morgan fingerprint density at radius 1 is 0.887 bits per heavy atom. The summed E-state index contributed by atoms with van der Waals surface area (Å²) in [5, 5.41) is 17.4. The number of fused-ring (bicyclic) bond motifs is 8. The average molecular weight is 730 g/mol. The first-order chi connectivity index (χ1) is 25.4. The molecule has 4 bridgehead atoms. The third-order valence-corrected chi connectivity index (χ3v) is 8.67. The number of piperidine rings is 1. The van der Waals surface area contributed by atoms with E-state index in [9.17, 15) is 33.6 Å². The molecule has 2 aromatic heterocycles. The molecule has 5 aliphatic rings. The van der Waals surface area contributed by atoms with Gasteiger partial charge in [0.1, 0.15) is 25.7 Å². The monoisotopic (exact) mass is 729 g/mol. The maximum absolute atomic E-state index is 12.4. The Kier molecular flexibility index (Phi) is 13.8. The molecule has 3 amide bonds. The van der Waals surface area contributed by atoms with Gasteiger partial charge in [-0.1, -0.05) is 38.1 Å². The highest BCUT2D eigenvalue weighted by molar-refractivity contribution is 5.99. The number of carbonyl (C=O) groups excluding carboxylic acids is 4. The van der Waals surface area contributed by atoms with E-state index < -0.39 is 24.0 Å².